The number of aromatic nitrogens is 4. The molecule has 0 saturated carbocycles. The molecule has 0 saturated heterocycles. The van der Waals surface area contributed by atoms with E-state index in [0.717, 1.165) is 11.4 Å². The Morgan fingerprint density at radius 1 is 0.609 bits per heavy atom. The third kappa shape index (κ3) is 2.80. The van der Waals surface area contributed by atoms with Crippen LogP contribution in [-0.2, 0) is 0 Å². The molecule has 0 aliphatic rings. The van der Waals surface area contributed by atoms with E-state index >= 15 is 0 Å². The summed E-state index contributed by atoms with van der Waals surface area (Å²) in [4.78, 5) is 8.85. The molecule has 0 radical (unpaired) electrons. The summed E-state index contributed by atoms with van der Waals surface area (Å²) in [5.41, 5.74) is 2.49. The lowest BCUT2D eigenvalue weighted by atomic mass is 10.3. The van der Waals surface area contributed by atoms with Crippen LogP contribution in [0.25, 0.3) is 11.3 Å². The molecule has 0 aliphatic heterocycles. The van der Waals surface area contributed by atoms with Crippen LogP contribution >= 0.6 is 0 Å². The summed E-state index contributed by atoms with van der Waals surface area (Å²) in [5, 5.41) is 13.9. The minimum atomic E-state index is 0.349. The zero-order valence-corrected chi connectivity index (χ0v) is 12.0. The van der Waals surface area contributed by atoms with Gasteiger partial charge in [0.25, 0.3) is 0 Å². The first kappa shape index (κ1) is 13.2. The molecule has 0 fully saturated rings. The van der Waals surface area contributed by atoms with Gasteiger partial charge in [-0.1, -0.05) is 36.4 Å². The van der Waals surface area contributed by atoms with Crippen LogP contribution in [0, 0.1) is 0 Å². The van der Waals surface area contributed by atoms with E-state index in [-0.39, 0.29) is 0 Å². The maximum absolute atomic E-state index is 4.69. The van der Waals surface area contributed by atoms with Gasteiger partial charge in [-0.15, -0.1) is 0 Å². The van der Waals surface area contributed by atoms with Gasteiger partial charge in [-0.05, 0) is 34.6 Å². The van der Waals surface area contributed by atoms with Crippen molar-refractivity contribution in [1.29, 1.82) is 0 Å². The molecule has 0 unspecified atom stereocenters. The quantitative estimate of drug-likeness (QED) is 0.596. The van der Waals surface area contributed by atoms with Crippen molar-refractivity contribution in [3.8, 4) is 0 Å². The van der Waals surface area contributed by atoms with E-state index < -0.39 is 0 Å². The summed E-state index contributed by atoms with van der Waals surface area (Å²) in [5.74, 6) is 1.09. The summed E-state index contributed by atoms with van der Waals surface area (Å²) in [6.45, 7) is 0. The molecule has 0 spiro atoms. The van der Waals surface area contributed by atoms with Gasteiger partial charge < -0.3 is 10.6 Å². The lowest BCUT2D eigenvalue weighted by molar-refractivity contribution is 0.314. The van der Waals surface area contributed by atoms with Gasteiger partial charge in [-0.25, -0.2) is 14.6 Å². The Bertz CT molecular complexity index is 848. The molecule has 7 nitrogen and oxygen atoms in total. The first-order valence-corrected chi connectivity index (χ1v) is 7.03. The standard InChI is InChI=1S/C16H12N6O/c1-3-7-11(8-4-1)17-13-14(18-12-9-5-2-6-10-12)20-16-15(19-13)21-23-22-16/h1-10H,(H,17,19,21)(H,18,20,22). The number of benzene rings is 2. The highest BCUT2D eigenvalue weighted by Crippen LogP contribution is 2.26. The molecule has 0 bridgehead atoms. The average molecular weight is 304 g/mol. The van der Waals surface area contributed by atoms with Crippen LogP contribution in [0.15, 0.2) is 65.3 Å². The topological polar surface area (TPSA) is 88.8 Å². The monoisotopic (exact) mass is 304 g/mol. The first-order valence-electron chi connectivity index (χ1n) is 7.03. The van der Waals surface area contributed by atoms with E-state index in [1.54, 1.807) is 0 Å². The molecule has 2 N–H and O–H groups in total. The second-order valence-electron chi connectivity index (χ2n) is 4.81. The maximum atomic E-state index is 4.69. The fourth-order valence-electron chi connectivity index (χ4n) is 2.13. The molecular weight excluding hydrogens is 292 g/mol. The molecule has 0 atom stereocenters. The van der Waals surface area contributed by atoms with Gasteiger partial charge in [0.2, 0.25) is 11.3 Å². The van der Waals surface area contributed by atoms with E-state index in [0.29, 0.717) is 22.9 Å². The fraction of sp³-hybridized carbons (Fsp3) is 0. The lowest BCUT2D eigenvalue weighted by Gasteiger charge is -2.11. The van der Waals surface area contributed by atoms with Gasteiger partial charge in [0, 0.05) is 11.4 Å². The highest BCUT2D eigenvalue weighted by Gasteiger charge is 2.13. The second-order valence-corrected chi connectivity index (χ2v) is 4.81. The SMILES string of the molecule is c1ccc(Nc2nc3nonc3nc2Nc2ccccc2)cc1. The minimum absolute atomic E-state index is 0.349. The van der Waals surface area contributed by atoms with Crippen LogP contribution in [-0.4, -0.2) is 20.3 Å². The number of hydrogen-bond donors (Lipinski definition) is 2. The number of rotatable bonds is 4. The van der Waals surface area contributed by atoms with E-state index in [9.17, 15) is 0 Å². The van der Waals surface area contributed by atoms with Gasteiger partial charge in [-0.3, -0.25) is 0 Å². The van der Waals surface area contributed by atoms with Crippen molar-refractivity contribution in [2.45, 2.75) is 0 Å². The van der Waals surface area contributed by atoms with Gasteiger partial charge in [0.05, 0.1) is 0 Å². The van der Waals surface area contributed by atoms with Crippen molar-refractivity contribution in [2.24, 2.45) is 0 Å². The molecule has 2 aromatic carbocycles. The van der Waals surface area contributed by atoms with Crippen molar-refractivity contribution in [3.05, 3.63) is 60.7 Å². The minimum Gasteiger partial charge on any atom is -0.337 e. The fourth-order valence-corrected chi connectivity index (χ4v) is 2.13. The van der Waals surface area contributed by atoms with E-state index in [1.807, 2.05) is 60.7 Å². The zero-order chi connectivity index (χ0) is 15.5. The summed E-state index contributed by atoms with van der Waals surface area (Å²) >= 11 is 0. The normalized spacial score (nSPS) is 10.6. The highest BCUT2D eigenvalue weighted by molar-refractivity contribution is 5.78. The van der Waals surface area contributed by atoms with Crippen LogP contribution < -0.4 is 10.6 Å². The average Bonchev–Trinajstić information content (AvgIpc) is 3.04. The zero-order valence-electron chi connectivity index (χ0n) is 12.0. The van der Waals surface area contributed by atoms with Crippen LogP contribution in [0.4, 0.5) is 23.0 Å². The predicted molar refractivity (Wildman–Crippen MR) is 86.8 cm³/mol. The van der Waals surface area contributed by atoms with Crippen molar-refractivity contribution < 1.29 is 4.63 Å². The summed E-state index contributed by atoms with van der Waals surface area (Å²) in [6, 6.07) is 19.4. The molecular formula is C16H12N6O. The van der Waals surface area contributed by atoms with E-state index in [2.05, 4.69) is 30.9 Å². The first-order chi connectivity index (χ1) is 11.4. The molecule has 7 heteroatoms. The van der Waals surface area contributed by atoms with Crippen LogP contribution in [0.5, 0.6) is 0 Å². The molecule has 112 valence electrons. The Kier molecular flexibility index (Phi) is 3.28. The van der Waals surface area contributed by atoms with Crippen molar-refractivity contribution in [3.63, 3.8) is 0 Å². The lowest BCUT2D eigenvalue weighted by Crippen LogP contribution is -2.03. The second kappa shape index (κ2) is 5.72. The maximum Gasteiger partial charge on any atom is 0.245 e. The van der Waals surface area contributed by atoms with Crippen LogP contribution in [0.3, 0.4) is 0 Å². The third-order valence-electron chi connectivity index (χ3n) is 3.19. The number of fused-ring (bicyclic) bond motifs is 1. The Balaban J connectivity index is 1.75. The highest BCUT2D eigenvalue weighted by atomic mass is 16.6. The van der Waals surface area contributed by atoms with Gasteiger partial charge in [-0.2, -0.15) is 0 Å². The van der Waals surface area contributed by atoms with Gasteiger partial charge in [0.1, 0.15) is 0 Å². The predicted octanol–water partition coefficient (Wildman–Crippen LogP) is 3.50. The van der Waals surface area contributed by atoms with Gasteiger partial charge in [0.15, 0.2) is 11.6 Å². The Morgan fingerprint density at radius 3 is 1.48 bits per heavy atom. The van der Waals surface area contributed by atoms with Crippen molar-refractivity contribution >= 4 is 34.3 Å². The number of nitrogens with zero attached hydrogens (tertiary/aromatic N) is 4. The molecule has 0 amide bonds. The van der Waals surface area contributed by atoms with E-state index in [1.165, 1.54) is 0 Å². The Hall–Kier alpha value is -3.48. The summed E-state index contributed by atoms with van der Waals surface area (Å²) in [6.07, 6.45) is 0. The van der Waals surface area contributed by atoms with Crippen molar-refractivity contribution in [1.82, 2.24) is 20.3 Å². The molecule has 23 heavy (non-hydrogen) atoms. The smallest absolute Gasteiger partial charge is 0.245 e. The number of nitrogens with one attached hydrogen (secondary N) is 2. The van der Waals surface area contributed by atoms with Crippen LogP contribution in [0.1, 0.15) is 0 Å². The molecule has 4 aromatic rings. The molecule has 2 heterocycles. The van der Waals surface area contributed by atoms with Crippen molar-refractivity contribution in [2.75, 3.05) is 10.6 Å². The summed E-state index contributed by atoms with van der Waals surface area (Å²) < 4.78 is 4.69. The van der Waals surface area contributed by atoms with Gasteiger partial charge >= 0.3 is 0 Å². The number of para-hydroxylation sites is 2. The van der Waals surface area contributed by atoms with E-state index in [4.69, 9.17) is 4.63 Å². The Morgan fingerprint density at radius 2 is 1.04 bits per heavy atom. The summed E-state index contributed by atoms with van der Waals surface area (Å²) in [7, 11) is 0. The molecule has 0 aliphatic carbocycles. The number of anilines is 4. The number of hydrogen-bond acceptors (Lipinski definition) is 7. The third-order valence-corrected chi connectivity index (χ3v) is 3.19. The molecule has 2 aromatic heterocycles. The largest absolute Gasteiger partial charge is 0.337 e. The Labute approximate surface area is 131 Å². The molecule has 4 rings (SSSR count). The van der Waals surface area contributed by atoms with Crippen LogP contribution in [0.2, 0.25) is 0 Å².